The van der Waals surface area contributed by atoms with E-state index in [-0.39, 0.29) is 11.1 Å². The first-order valence-corrected chi connectivity index (χ1v) is 12.8. The van der Waals surface area contributed by atoms with Gasteiger partial charge in [0.05, 0.1) is 20.3 Å². The smallest absolute Gasteiger partial charge is 0.261 e. The van der Waals surface area contributed by atoms with Crippen molar-refractivity contribution in [3.63, 3.8) is 0 Å². The van der Waals surface area contributed by atoms with Crippen molar-refractivity contribution in [1.82, 2.24) is 0 Å². The second-order valence-corrected chi connectivity index (χ2v) is 13.5. The van der Waals surface area contributed by atoms with E-state index in [1.807, 2.05) is 0 Å². The normalized spacial score (nSPS) is 14.4. The molecule has 0 spiro atoms. The molecule has 0 fully saturated rings. The monoisotopic (exact) mass is 432 g/mol. The summed E-state index contributed by atoms with van der Waals surface area (Å²) >= 11 is 0. The lowest BCUT2D eigenvalue weighted by atomic mass is 10.1. The Kier molecular flexibility index (Phi) is 5.95. The van der Waals surface area contributed by atoms with Crippen LogP contribution in [0.25, 0.3) is 0 Å². The molecule has 4 rings (SSSR count). The fraction of sp³-hybridized carbons (Fsp3) is 0.333. The number of hydrogen-bond donors (Lipinski definition) is 0. The van der Waals surface area contributed by atoms with Gasteiger partial charge in [0.15, 0.2) is 11.5 Å². The first kappa shape index (κ1) is 21.7. The molecule has 3 aromatic rings. The summed E-state index contributed by atoms with van der Waals surface area (Å²) in [6.07, 6.45) is 1.90. The van der Waals surface area contributed by atoms with Gasteiger partial charge in [0, 0.05) is 0 Å². The van der Waals surface area contributed by atoms with Gasteiger partial charge in [-0.3, -0.25) is 0 Å². The number of benzene rings is 3. The summed E-state index contributed by atoms with van der Waals surface area (Å²) in [7, 11) is 0.820. The van der Waals surface area contributed by atoms with Gasteiger partial charge in [-0.15, -0.1) is 0 Å². The van der Waals surface area contributed by atoms with Crippen molar-refractivity contribution in [3.8, 4) is 11.5 Å². The predicted molar refractivity (Wildman–Crippen MR) is 129 cm³/mol. The highest BCUT2D eigenvalue weighted by molar-refractivity contribution is 6.99. The second-order valence-electron chi connectivity index (χ2n) is 9.29. The Hall–Kier alpha value is -2.56. The van der Waals surface area contributed by atoms with E-state index < -0.39 is 8.32 Å². The topological polar surface area (TPSA) is 27.7 Å². The third kappa shape index (κ3) is 3.90. The summed E-state index contributed by atoms with van der Waals surface area (Å²) in [6.45, 7) is 6.98. The van der Waals surface area contributed by atoms with Gasteiger partial charge in [-0.25, -0.2) is 0 Å². The van der Waals surface area contributed by atoms with Crippen LogP contribution in [0, 0.1) is 0 Å². The van der Waals surface area contributed by atoms with Crippen molar-refractivity contribution in [3.05, 3.63) is 83.9 Å². The zero-order valence-corrected chi connectivity index (χ0v) is 20.1. The molecule has 0 N–H and O–H groups in total. The lowest BCUT2D eigenvalue weighted by molar-refractivity contribution is 0.199. The summed E-state index contributed by atoms with van der Waals surface area (Å²) in [4.78, 5) is 0. The maximum Gasteiger partial charge on any atom is 0.261 e. The quantitative estimate of drug-likeness (QED) is 0.526. The molecule has 0 heterocycles. The van der Waals surface area contributed by atoms with E-state index in [4.69, 9.17) is 13.9 Å². The van der Waals surface area contributed by atoms with Crippen LogP contribution in [0.1, 0.15) is 31.9 Å². The zero-order valence-electron chi connectivity index (χ0n) is 19.1. The van der Waals surface area contributed by atoms with E-state index in [9.17, 15) is 0 Å². The standard InChI is InChI=1S/C27H32O3Si/c1-27(2,3)31(23-12-8-6-9-13-23,24-14-10-7-11-15-24)30-22-16-20-18-25(28-4)26(29-5)19-21(20)17-22/h6-15,18-19,22H,16-17H2,1-5H3. The number of ether oxygens (including phenoxy) is 2. The van der Waals surface area contributed by atoms with E-state index in [1.165, 1.54) is 21.5 Å². The maximum absolute atomic E-state index is 7.32. The van der Waals surface area contributed by atoms with Crippen molar-refractivity contribution < 1.29 is 13.9 Å². The fourth-order valence-corrected chi connectivity index (χ4v) is 9.61. The summed E-state index contributed by atoms with van der Waals surface area (Å²) in [5.41, 5.74) is 2.58. The molecule has 0 amide bonds. The predicted octanol–water partition coefficient (Wildman–Crippen LogP) is 4.75. The number of fused-ring (bicyclic) bond motifs is 1. The van der Waals surface area contributed by atoms with Crippen LogP contribution in [0.4, 0.5) is 0 Å². The Bertz CT molecular complexity index is 953. The van der Waals surface area contributed by atoms with Gasteiger partial charge in [-0.1, -0.05) is 81.4 Å². The summed E-state index contributed by atoms with van der Waals surface area (Å²) in [6, 6.07) is 25.9. The minimum atomic E-state index is -2.56. The average molecular weight is 433 g/mol. The van der Waals surface area contributed by atoms with Crippen LogP contribution in [-0.4, -0.2) is 28.6 Å². The largest absolute Gasteiger partial charge is 0.493 e. The molecule has 0 aromatic heterocycles. The molecule has 3 nitrogen and oxygen atoms in total. The Balaban J connectivity index is 1.77. The molecule has 0 saturated carbocycles. The summed E-state index contributed by atoms with van der Waals surface area (Å²) < 4.78 is 18.4. The molecular weight excluding hydrogens is 400 g/mol. The highest BCUT2D eigenvalue weighted by Crippen LogP contribution is 2.41. The lowest BCUT2D eigenvalue weighted by Gasteiger charge is -2.44. The van der Waals surface area contributed by atoms with Gasteiger partial charge in [0.25, 0.3) is 8.32 Å². The molecular formula is C27H32O3Si. The van der Waals surface area contributed by atoms with Crippen molar-refractivity contribution in [2.75, 3.05) is 14.2 Å². The Labute approximate surface area is 187 Å². The van der Waals surface area contributed by atoms with E-state index in [0.29, 0.717) is 0 Å². The number of methoxy groups -OCH3 is 2. The van der Waals surface area contributed by atoms with E-state index in [1.54, 1.807) is 14.2 Å². The molecule has 1 aliphatic rings. The lowest BCUT2D eigenvalue weighted by Crippen LogP contribution is -2.67. The fourth-order valence-electron chi connectivity index (χ4n) is 4.93. The SMILES string of the molecule is COc1cc2c(cc1OC)CC(O[Si](c1ccccc1)(c1ccccc1)C(C)(C)C)C2. The maximum atomic E-state index is 7.32. The van der Waals surface area contributed by atoms with Crippen molar-refractivity contribution in [2.45, 2.75) is 44.8 Å². The Morgan fingerprint density at radius 1 is 0.710 bits per heavy atom. The first-order valence-electron chi connectivity index (χ1n) is 10.9. The second kappa shape index (κ2) is 8.52. The third-order valence-electron chi connectivity index (χ3n) is 6.36. The van der Waals surface area contributed by atoms with Crippen LogP contribution in [0.5, 0.6) is 11.5 Å². The molecule has 0 unspecified atom stereocenters. The van der Waals surface area contributed by atoms with E-state index in [2.05, 4.69) is 93.6 Å². The first-order chi connectivity index (χ1) is 14.9. The van der Waals surface area contributed by atoms with Crippen molar-refractivity contribution in [2.24, 2.45) is 0 Å². The minimum Gasteiger partial charge on any atom is -0.493 e. The Morgan fingerprint density at radius 2 is 1.13 bits per heavy atom. The zero-order chi connectivity index (χ0) is 22.1. The molecule has 4 heteroatoms. The molecule has 0 atom stereocenters. The van der Waals surface area contributed by atoms with Gasteiger partial charge < -0.3 is 13.9 Å². The summed E-state index contributed by atoms with van der Waals surface area (Å²) in [5, 5.41) is 2.61. The van der Waals surface area contributed by atoms with Crippen LogP contribution in [0.3, 0.4) is 0 Å². The highest BCUT2D eigenvalue weighted by Gasteiger charge is 2.51. The molecule has 31 heavy (non-hydrogen) atoms. The van der Waals surface area contributed by atoms with Gasteiger partial charge >= 0.3 is 0 Å². The highest BCUT2D eigenvalue weighted by atomic mass is 28.4. The summed E-state index contributed by atoms with van der Waals surface area (Å²) in [5.74, 6) is 1.57. The van der Waals surface area contributed by atoms with E-state index in [0.717, 1.165) is 24.3 Å². The molecule has 0 aliphatic heterocycles. The van der Waals surface area contributed by atoms with Crippen LogP contribution in [0.2, 0.25) is 5.04 Å². The minimum absolute atomic E-state index is 0.0279. The van der Waals surface area contributed by atoms with Crippen LogP contribution < -0.4 is 19.8 Å². The molecule has 3 aromatic carbocycles. The van der Waals surface area contributed by atoms with Gasteiger partial charge in [-0.2, -0.15) is 0 Å². The van der Waals surface area contributed by atoms with Crippen molar-refractivity contribution in [1.29, 1.82) is 0 Å². The van der Waals surface area contributed by atoms with E-state index >= 15 is 0 Å². The van der Waals surface area contributed by atoms with Gasteiger partial charge in [0.2, 0.25) is 0 Å². The molecule has 0 saturated heterocycles. The number of rotatable bonds is 6. The van der Waals surface area contributed by atoms with Crippen molar-refractivity contribution >= 4 is 18.7 Å². The number of hydrogen-bond acceptors (Lipinski definition) is 3. The van der Waals surface area contributed by atoms with Gasteiger partial charge in [0.1, 0.15) is 0 Å². The van der Waals surface area contributed by atoms with Crippen LogP contribution >= 0.6 is 0 Å². The molecule has 0 bridgehead atoms. The average Bonchev–Trinajstić information content (AvgIpc) is 3.18. The third-order valence-corrected chi connectivity index (χ3v) is 11.5. The molecule has 162 valence electrons. The van der Waals surface area contributed by atoms with Crippen LogP contribution in [0.15, 0.2) is 72.8 Å². The molecule has 0 radical (unpaired) electrons. The molecule has 1 aliphatic carbocycles. The van der Waals surface area contributed by atoms with Gasteiger partial charge in [-0.05, 0) is 51.5 Å². The van der Waals surface area contributed by atoms with Crippen LogP contribution in [-0.2, 0) is 17.3 Å². The Morgan fingerprint density at radius 3 is 1.48 bits per heavy atom.